The summed E-state index contributed by atoms with van der Waals surface area (Å²) in [5.41, 5.74) is 0.730. The van der Waals surface area contributed by atoms with Gasteiger partial charge in [0, 0.05) is 6.20 Å². The summed E-state index contributed by atoms with van der Waals surface area (Å²) >= 11 is 0. The van der Waals surface area contributed by atoms with E-state index in [9.17, 15) is 4.79 Å². The highest BCUT2D eigenvalue weighted by Crippen LogP contribution is 2.12. The van der Waals surface area contributed by atoms with Crippen LogP contribution in [0.15, 0.2) is 22.9 Å². The van der Waals surface area contributed by atoms with Gasteiger partial charge in [0.2, 0.25) is 5.82 Å². The molecule has 0 unspecified atom stereocenters. The van der Waals surface area contributed by atoms with Crippen LogP contribution in [0.1, 0.15) is 5.89 Å². The Balaban J connectivity index is 1.95. The van der Waals surface area contributed by atoms with Crippen LogP contribution in [0.3, 0.4) is 0 Å². The van der Waals surface area contributed by atoms with Crippen molar-refractivity contribution in [2.24, 2.45) is 0 Å². The Hall–Kier alpha value is -2.15. The number of hydrogen-bond acceptors (Lipinski definition) is 5. The lowest BCUT2D eigenvalue weighted by atomic mass is 10.4. The van der Waals surface area contributed by atoms with E-state index in [0.717, 1.165) is 5.69 Å². The highest BCUT2D eigenvalue weighted by Gasteiger charge is 2.09. The van der Waals surface area contributed by atoms with Gasteiger partial charge in [-0.3, -0.25) is 0 Å². The van der Waals surface area contributed by atoms with Crippen molar-refractivity contribution in [2.75, 3.05) is 6.61 Å². The van der Waals surface area contributed by atoms with Crippen molar-refractivity contribution in [3.05, 3.63) is 24.2 Å². The number of ether oxygens (including phenoxy) is 1. The van der Waals surface area contributed by atoms with E-state index in [4.69, 9.17) is 14.4 Å². The number of hydrogen-bond donors (Lipinski definition) is 2. The first kappa shape index (κ1) is 10.4. The minimum absolute atomic E-state index is 0.0139. The molecule has 0 saturated carbocycles. The SMILES string of the molecule is O=C(O)COCc1nc(-c2ccc[nH]2)no1. The molecule has 0 aliphatic heterocycles. The van der Waals surface area contributed by atoms with Gasteiger partial charge in [0.1, 0.15) is 13.2 Å². The lowest BCUT2D eigenvalue weighted by molar-refractivity contribution is -0.142. The molecule has 0 aliphatic rings. The smallest absolute Gasteiger partial charge is 0.329 e. The molecular formula is C9H9N3O4. The van der Waals surface area contributed by atoms with E-state index in [1.54, 1.807) is 12.3 Å². The van der Waals surface area contributed by atoms with Crippen LogP contribution in [0.4, 0.5) is 0 Å². The monoisotopic (exact) mass is 223 g/mol. The minimum Gasteiger partial charge on any atom is -0.480 e. The van der Waals surface area contributed by atoms with Gasteiger partial charge in [0.25, 0.3) is 5.89 Å². The fourth-order valence-electron chi connectivity index (χ4n) is 1.12. The maximum absolute atomic E-state index is 10.2. The number of carboxylic acids is 1. The number of nitrogens with one attached hydrogen (secondary N) is 1. The van der Waals surface area contributed by atoms with Crippen LogP contribution in [0.2, 0.25) is 0 Å². The summed E-state index contributed by atoms with van der Waals surface area (Å²) in [5.74, 6) is -0.381. The first-order valence-corrected chi connectivity index (χ1v) is 4.51. The van der Waals surface area contributed by atoms with Crippen molar-refractivity contribution in [3.8, 4) is 11.5 Å². The van der Waals surface area contributed by atoms with Crippen LogP contribution in [-0.2, 0) is 16.1 Å². The molecule has 2 heterocycles. The summed E-state index contributed by atoms with van der Waals surface area (Å²) < 4.78 is 9.68. The normalized spacial score (nSPS) is 10.5. The minimum atomic E-state index is -1.04. The molecule has 0 fully saturated rings. The van der Waals surface area contributed by atoms with Crippen LogP contribution in [0, 0.1) is 0 Å². The van der Waals surface area contributed by atoms with Gasteiger partial charge < -0.3 is 19.4 Å². The third-order valence-corrected chi connectivity index (χ3v) is 1.76. The summed E-state index contributed by atoms with van der Waals surface area (Å²) in [6, 6.07) is 3.61. The number of carbonyl (C=O) groups is 1. The molecule has 84 valence electrons. The quantitative estimate of drug-likeness (QED) is 0.772. The molecule has 0 atom stereocenters. The van der Waals surface area contributed by atoms with Crippen LogP contribution in [0.5, 0.6) is 0 Å². The molecule has 16 heavy (non-hydrogen) atoms. The molecule has 0 aromatic carbocycles. The van der Waals surface area contributed by atoms with Gasteiger partial charge in [-0.15, -0.1) is 0 Å². The molecule has 7 nitrogen and oxygen atoms in total. The number of carboxylic acid groups (broad SMARTS) is 1. The molecule has 0 radical (unpaired) electrons. The van der Waals surface area contributed by atoms with E-state index in [0.29, 0.717) is 5.82 Å². The molecule has 2 N–H and O–H groups in total. The second-order valence-electron chi connectivity index (χ2n) is 2.98. The fourth-order valence-corrected chi connectivity index (χ4v) is 1.12. The van der Waals surface area contributed by atoms with E-state index in [1.807, 2.05) is 6.07 Å². The largest absolute Gasteiger partial charge is 0.480 e. The summed E-state index contributed by atoms with van der Waals surface area (Å²) in [5, 5.41) is 12.1. The van der Waals surface area contributed by atoms with Crippen LogP contribution >= 0.6 is 0 Å². The van der Waals surface area contributed by atoms with Gasteiger partial charge in [-0.1, -0.05) is 5.16 Å². The van der Waals surface area contributed by atoms with Gasteiger partial charge in [-0.2, -0.15) is 4.98 Å². The Morgan fingerprint density at radius 2 is 2.50 bits per heavy atom. The molecule has 2 aromatic rings. The van der Waals surface area contributed by atoms with Gasteiger partial charge in [0.05, 0.1) is 5.69 Å². The molecule has 2 aromatic heterocycles. The van der Waals surface area contributed by atoms with Crippen LogP contribution in [-0.4, -0.2) is 32.8 Å². The number of aliphatic carboxylic acids is 1. The van der Waals surface area contributed by atoms with Gasteiger partial charge in [0.15, 0.2) is 0 Å². The average Bonchev–Trinajstić information content (AvgIpc) is 2.85. The van der Waals surface area contributed by atoms with E-state index in [2.05, 4.69) is 15.1 Å². The van der Waals surface area contributed by atoms with Gasteiger partial charge in [-0.25, -0.2) is 4.79 Å². The Labute approximate surface area is 90.0 Å². The highest BCUT2D eigenvalue weighted by atomic mass is 16.5. The van der Waals surface area contributed by atoms with Crippen molar-refractivity contribution in [3.63, 3.8) is 0 Å². The number of nitrogens with zero attached hydrogens (tertiary/aromatic N) is 2. The summed E-state index contributed by atoms with van der Waals surface area (Å²) in [7, 11) is 0. The lowest BCUT2D eigenvalue weighted by Gasteiger charge is -1.93. The molecule has 0 saturated heterocycles. The molecule has 7 heteroatoms. The maximum Gasteiger partial charge on any atom is 0.329 e. The van der Waals surface area contributed by atoms with Crippen molar-refractivity contribution < 1.29 is 19.2 Å². The second-order valence-corrected chi connectivity index (χ2v) is 2.98. The molecule has 0 aliphatic carbocycles. The molecule has 0 bridgehead atoms. The predicted molar refractivity (Wildman–Crippen MR) is 51.4 cm³/mol. The van der Waals surface area contributed by atoms with Crippen molar-refractivity contribution in [2.45, 2.75) is 6.61 Å². The van der Waals surface area contributed by atoms with E-state index < -0.39 is 5.97 Å². The van der Waals surface area contributed by atoms with E-state index in [1.165, 1.54) is 0 Å². The summed E-state index contributed by atoms with van der Waals surface area (Å²) in [6.45, 7) is -0.403. The molecule has 0 amide bonds. The molecule has 2 rings (SSSR count). The zero-order valence-electron chi connectivity index (χ0n) is 8.21. The summed E-state index contributed by atoms with van der Waals surface area (Å²) in [4.78, 5) is 17.1. The Kier molecular flexibility index (Phi) is 2.97. The number of aromatic amines is 1. The number of aromatic nitrogens is 3. The lowest BCUT2D eigenvalue weighted by Crippen LogP contribution is -2.06. The van der Waals surface area contributed by atoms with Crippen molar-refractivity contribution in [1.29, 1.82) is 0 Å². The zero-order chi connectivity index (χ0) is 11.4. The standard InChI is InChI=1S/C9H9N3O4/c13-8(14)5-15-4-7-11-9(12-16-7)6-2-1-3-10-6/h1-3,10H,4-5H2,(H,13,14). The zero-order valence-corrected chi connectivity index (χ0v) is 8.21. The van der Waals surface area contributed by atoms with Crippen LogP contribution < -0.4 is 0 Å². The van der Waals surface area contributed by atoms with Gasteiger partial charge >= 0.3 is 5.97 Å². The first-order valence-electron chi connectivity index (χ1n) is 4.51. The second kappa shape index (κ2) is 4.58. The van der Waals surface area contributed by atoms with Crippen molar-refractivity contribution >= 4 is 5.97 Å². The van der Waals surface area contributed by atoms with Gasteiger partial charge in [-0.05, 0) is 12.1 Å². The van der Waals surface area contributed by atoms with E-state index in [-0.39, 0.29) is 19.1 Å². The topological polar surface area (TPSA) is 101 Å². The Morgan fingerprint density at radius 1 is 1.62 bits per heavy atom. The number of rotatable bonds is 5. The van der Waals surface area contributed by atoms with E-state index >= 15 is 0 Å². The average molecular weight is 223 g/mol. The predicted octanol–water partition coefficient (Wildman–Crippen LogP) is 0.666. The fraction of sp³-hybridized carbons (Fsp3) is 0.222. The van der Waals surface area contributed by atoms with Crippen LogP contribution in [0.25, 0.3) is 11.5 Å². The molecule has 0 spiro atoms. The Morgan fingerprint density at radius 3 is 3.19 bits per heavy atom. The summed E-state index contributed by atoms with van der Waals surface area (Å²) in [6.07, 6.45) is 1.74. The third-order valence-electron chi connectivity index (χ3n) is 1.76. The third kappa shape index (κ3) is 2.45. The number of H-pyrrole nitrogens is 1. The maximum atomic E-state index is 10.2. The highest BCUT2D eigenvalue weighted by molar-refractivity contribution is 5.67. The Bertz CT molecular complexity index is 463. The van der Waals surface area contributed by atoms with Crippen molar-refractivity contribution in [1.82, 2.24) is 15.1 Å². The molecular weight excluding hydrogens is 214 g/mol. The first-order chi connectivity index (χ1) is 7.75.